The minimum atomic E-state index is -0.310. The van der Waals surface area contributed by atoms with Gasteiger partial charge in [-0.05, 0) is 40.9 Å². The van der Waals surface area contributed by atoms with Gasteiger partial charge in [0, 0.05) is 19.6 Å². The molecule has 2 N–H and O–H groups in total. The number of nitrogens with zero attached hydrogens (tertiary/aromatic N) is 4. The van der Waals surface area contributed by atoms with Crippen LogP contribution in [0.15, 0.2) is 9.59 Å². The minimum absolute atomic E-state index is 0.288. The molecule has 8 nitrogen and oxygen atoms in total. The number of fused-ring (bicyclic) bond motifs is 1. The molecule has 24 heavy (non-hydrogen) atoms. The van der Waals surface area contributed by atoms with Crippen molar-refractivity contribution in [3.8, 4) is 0 Å². The molecule has 0 aromatic carbocycles. The molecule has 134 valence electrons. The molecule has 0 radical (unpaired) electrons. The Kier molecular flexibility index (Phi) is 5.95. The number of rotatable bonds is 8. The van der Waals surface area contributed by atoms with E-state index in [0.29, 0.717) is 36.1 Å². The molecule has 0 spiro atoms. The van der Waals surface area contributed by atoms with Gasteiger partial charge in [0.1, 0.15) is 11.3 Å². The van der Waals surface area contributed by atoms with Crippen molar-refractivity contribution in [2.45, 2.75) is 45.3 Å². The summed E-state index contributed by atoms with van der Waals surface area (Å²) in [7, 11) is 7.57. The van der Waals surface area contributed by atoms with E-state index in [2.05, 4.69) is 41.2 Å². The van der Waals surface area contributed by atoms with E-state index in [0.717, 1.165) is 19.3 Å². The van der Waals surface area contributed by atoms with Crippen LogP contribution in [0.5, 0.6) is 0 Å². The van der Waals surface area contributed by atoms with Gasteiger partial charge in [-0.3, -0.25) is 13.9 Å². The lowest BCUT2D eigenvalue weighted by Crippen LogP contribution is -2.39. The quantitative estimate of drug-likeness (QED) is 0.675. The molecule has 1 unspecified atom stereocenters. The van der Waals surface area contributed by atoms with Gasteiger partial charge in [0.15, 0.2) is 5.65 Å². The van der Waals surface area contributed by atoms with Gasteiger partial charge in [0.2, 0.25) is 0 Å². The van der Waals surface area contributed by atoms with E-state index >= 15 is 0 Å². The van der Waals surface area contributed by atoms with Gasteiger partial charge in [-0.2, -0.15) is 0 Å². The summed E-state index contributed by atoms with van der Waals surface area (Å²) < 4.78 is 2.75. The molecule has 2 heterocycles. The Morgan fingerprint density at radius 2 is 2.00 bits per heavy atom. The van der Waals surface area contributed by atoms with E-state index in [1.165, 1.54) is 9.13 Å². The highest BCUT2D eigenvalue weighted by Gasteiger charge is 2.15. The summed E-state index contributed by atoms with van der Waals surface area (Å²) >= 11 is 0. The van der Waals surface area contributed by atoms with Crippen molar-refractivity contribution in [2.75, 3.05) is 21.1 Å². The highest BCUT2D eigenvalue weighted by molar-refractivity contribution is 5.69. The summed E-state index contributed by atoms with van der Waals surface area (Å²) in [6.45, 7) is 3.12. The van der Waals surface area contributed by atoms with Crippen molar-refractivity contribution in [1.82, 2.24) is 29.3 Å². The predicted octanol–water partition coefficient (Wildman–Crippen LogP) is 0.263. The molecule has 0 bridgehead atoms. The van der Waals surface area contributed by atoms with Crippen LogP contribution < -0.4 is 16.6 Å². The van der Waals surface area contributed by atoms with Gasteiger partial charge in [-0.25, -0.2) is 9.78 Å². The van der Waals surface area contributed by atoms with Crippen molar-refractivity contribution >= 4 is 11.2 Å². The van der Waals surface area contributed by atoms with E-state index in [-0.39, 0.29) is 11.2 Å². The first-order valence-electron chi connectivity index (χ1n) is 8.36. The minimum Gasteiger partial charge on any atom is -0.335 e. The monoisotopic (exact) mass is 336 g/mol. The number of hydrogen-bond acceptors (Lipinski definition) is 5. The number of imidazole rings is 1. The summed E-state index contributed by atoms with van der Waals surface area (Å²) in [5, 5.41) is 2.98. The topological polar surface area (TPSA) is 88.0 Å². The molecule has 2 aromatic rings. The Labute approximate surface area is 141 Å². The smallest absolute Gasteiger partial charge is 0.332 e. The lowest BCUT2D eigenvalue weighted by Gasteiger charge is -2.19. The van der Waals surface area contributed by atoms with Gasteiger partial charge in [0.05, 0.1) is 6.54 Å². The zero-order chi connectivity index (χ0) is 17.9. The fourth-order valence-electron chi connectivity index (χ4n) is 2.71. The third-order valence-corrected chi connectivity index (χ3v) is 4.51. The lowest BCUT2D eigenvalue weighted by molar-refractivity contribution is 0.290. The largest absolute Gasteiger partial charge is 0.335 e. The summed E-state index contributed by atoms with van der Waals surface area (Å²) in [5.74, 6) is 0.650. The second-order valence-corrected chi connectivity index (χ2v) is 6.52. The van der Waals surface area contributed by atoms with Crippen LogP contribution in [0, 0.1) is 0 Å². The molecule has 0 saturated heterocycles. The van der Waals surface area contributed by atoms with E-state index < -0.39 is 0 Å². The molecule has 8 heteroatoms. The molecular weight excluding hydrogens is 308 g/mol. The van der Waals surface area contributed by atoms with Crippen molar-refractivity contribution in [3.05, 3.63) is 26.7 Å². The fourth-order valence-corrected chi connectivity index (χ4v) is 2.71. The number of nitrogens with one attached hydrogen (secondary N) is 2. The molecule has 0 amide bonds. The third kappa shape index (κ3) is 3.76. The van der Waals surface area contributed by atoms with Crippen molar-refractivity contribution in [2.24, 2.45) is 7.05 Å². The van der Waals surface area contributed by atoms with E-state index in [1.807, 2.05) is 0 Å². The summed E-state index contributed by atoms with van der Waals surface area (Å²) in [5.41, 5.74) is 0.205. The predicted molar refractivity (Wildman–Crippen MR) is 95.4 cm³/mol. The standard InChI is InChI=1S/C16H28N6O2/c1-11(20(3)4)8-6-7-9-22-15(23)13-14(21(5)16(22)24)19-12(18-13)10-17-2/h11,17H,6-10H2,1-5H3,(H,18,19). The molecule has 0 saturated carbocycles. The Balaban J connectivity index is 2.21. The highest BCUT2D eigenvalue weighted by Crippen LogP contribution is 2.07. The van der Waals surface area contributed by atoms with Gasteiger partial charge >= 0.3 is 5.69 Å². The van der Waals surface area contributed by atoms with E-state index in [9.17, 15) is 9.59 Å². The fraction of sp³-hybridized carbons (Fsp3) is 0.688. The number of hydrogen-bond donors (Lipinski definition) is 2. The van der Waals surface area contributed by atoms with Crippen molar-refractivity contribution < 1.29 is 0 Å². The molecular formula is C16H28N6O2. The maximum absolute atomic E-state index is 12.6. The highest BCUT2D eigenvalue weighted by atomic mass is 16.2. The number of unbranched alkanes of at least 4 members (excludes halogenated alkanes) is 1. The average molecular weight is 336 g/mol. The first-order chi connectivity index (χ1) is 11.4. The number of aryl methyl sites for hydroxylation is 1. The average Bonchev–Trinajstić information content (AvgIpc) is 2.96. The summed E-state index contributed by atoms with van der Waals surface area (Å²) in [6.07, 6.45) is 2.82. The first kappa shape index (κ1) is 18.4. The van der Waals surface area contributed by atoms with Crippen molar-refractivity contribution in [3.63, 3.8) is 0 Å². The van der Waals surface area contributed by atoms with E-state index in [4.69, 9.17) is 0 Å². The molecule has 0 aliphatic rings. The molecule has 2 rings (SSSR count). The normalized spacial score (nSPS) is 13.1. The number of H-pyrrole nitrogens is 1. The Morgan fingerprint density at radius 3 is 2.62 bits per heavy atom. The second-order valence-electron chi connectivity index (χ2n) is 6.52. The van der Waals surface area contributed by atoms with Gasteiger partial charge in [-0.1, -0.05) is 6.42 Å². The van der Waals surface area contributed by atoms with Crippen LogP contribution >= 0.6 is 0 Å². The zero-order valence-corrected chi connectivity index (χ0v) is 15.2. The van der Waals surface area contributed by atoms with Gasteiger partial charge < -0.3 is 15.2 Å². The molecule has 2 aromatic heterocycles. The Morgan fingerprint density at radius 1 is 1.29 bits per heavy atom. The summed E-state index contributed by atoms with van der Waals surface area (Å²) in [6, 6.07) is 0.490. The van der Waals surface area contributed by atoms with Crippen LogP contribution in [0.2, 0.25) is 0 Å². The zero-order valence-electron chi connectivity index (χ0n) is 15.2. The molecule has 1 atom stereocenters. The van der Waals surface area contributed by atoms with Crippen molar-refractivity contribution in [1.29, 1.82) is 0 Å². The van der Waals surface area contributed by atoms with Gasteiger partial charge in [0.25, 0.3) is 5.56 Å². The molecule has 0 aliphatic heterocycles. The van der Waals surface area contributed by atoms with Crippen LogP contribution in [0.1, 0.15) is 32.0 Å². The maximum atomic E-state index is 12.6. The van der Waals surface area contributed by atoms with Crippen LogP contribution in [-0.4, -0.2) is 51.2 Å². The van der Waals surface area contributed by atoms with Crippen LogP contribution in [-0.2, 0) is 20.1 Å². The third-order valence-electron chi connectivity index (χ3n) is 4.51. The second kappa shape index (κ2) is 7.76. The lowest BCUT2D eigenvalue weighted by atomic mass is 10.1. The Hall–Kier alpha value is -1.93. The Bertz CT molecular complexity index is 801. The number of aromatic amines is 1. The summed E-state index contributed by atoms with van der Waals surface area (Å²) in [4.78, 5) is 34.6. The SMILES string of the molecule is CNCc1nc2c([nH]1)c(=O)n(CCCCC(C)N(C)C)c(=O)n2C. The molecule has 0 aliphatic carbocycles. The van der Waals surface area contributed by atoms with Crippen LogP contribution in [0.3, 0.4) is 0 Å². The number of aromatic nitrogens is 4. The first-order valence-corrected chi connectivity index (χ1v) is 8.36. The van der Waals surface area contributed by atoms with E-state index in [1.54, 1.807) is 14.1 Å². The van der Waals surface area contributed by atoms with Crippen LogP contribution in [0.4, 0.5) is 0 Å². The van der Waals surface area contributed by atoms with Gasteiger partial charge in [-0.15, -0.1) is 0 Å². The maximum Gasteiger partial charge on any atom is 0.332 e. The molecule has 0 fully saturated rings. The van der Waals surface area contributed by atoms with Crippen LogP contribution in [0.25, 0.3) is 11.2 Å².